The molecule has 0 spiro atoms. The normalized spacial score (nSPS) is 14.5. The van der Waals surface area contributed by atoms with Gasteiger partial charge >= 0.3 is 0 Å². The molecule has 1 aliphatic heterocycles. The van der Waals surface area contributed by atoms with Crippen molar-refractivity contribution in [2.45, 2.75) is 26.2 Å². The summed E-state index contributed by atoms with van der Waals surface area (Å²) in [6.45, 7) is 4.10. The van der Waals surface area contributed by atoms with Gasteiger partial charge in [-0.3, -0.25) is 4.79 Å². The summed E-state index contributed by atoms with van der Waals surface area (Å²) in [5, 5.41) is 3.64. The topological polar surface area (TPSA) is 32.3 Å². The molecule has 0 aliphatic carbocycles. The number of carbonyl (C=O) groups is 1. The van der Waals surface area contributed by atoms with Crippen molar-refractivity contribution in [2.24, 2.45) is 0 Å². The molecular formula is C19H20ClIN2O. The number of amides is 1. The zero-order valence-electron chi connectivity index (χ0n) is 13.6. The fourth-order valence-electron chi connectivity index (χ4n) is 3.00. The Hall–Kier alpha value is -1.27. The van der Waals surface area contributed by atoms with Gasteiger partial charge in [0.25, 0.3) is 5.91 Å². The molecule has 0 atom stereocenters. The summed E-state index contributed by atoms with van der Waals surface area (Å²) < 4.78 is 0.976. The Labute approximate surface area is 161 Å². The predicted molar refractivity (Wildman–Crippen MR) is 109 cm³/mol. The van der Waals surface area contributed by atoms with Crippen molar-refractivity contribution in [1.82, 2.24) is 0 Å². The van der Waals surface area contributed by atoms with Crippen molar-refractivity contribution >= 4 is 51.5 Å². The van der Waals surface area contributed by atoms with Crippen molar-refractivity contribution in [3.05, 3.63) is 56.1 Å². The minimum atomic E-state index is -0.107. The van der Waals surface area contributed by atoms with Crippen LogP contribution in [0.5, 0.6) is 0 Å². The average Bonchev–Trinajstić information content (AvgIpc) is 2.58. The van der Waals surface area contributed by atoms with Gasteiger partial charge in [-0.1, -0.05) is 23.7 Å². The molecule has 1 N–H and O–H groups in total. The third kappa shape index (κ3) is 3.86. The molecule has 2 aromatic carbocycles. The molecule has 5 heteroatoms. The van der Waals surface area contributed by atoms with Crippen molar-refractivity contribution in [3.63, 3.8) is 0 Å². The maximum atomic E-state index is 12.5. The molecule has 1 aliphatic rings. The summed E-state index contributed by atoms with van der Waals surface area (Å²) in [7, 11) is 0. The first-order chi connectivity index (χ1) is 11.6. The molecular weight excluding hydrogens is 435 g/mol. The molecule has 0 aromatic heterocycles. The summed E-state index contributed by atoms with van der Waals surface area (Å²) in [6, 6.07) is 11.5. The lowest BCUT2D eigenvalue weighted by atomic mass is 10.1. The average molecular weight is 455 g/mol. The number of anilines is 2. The first-order valence-electron chi connectivity index (χ1n) is 8.17. The highest BCUT2D eigenvalue weighted by Crippen LogP contribution is 2.31. The van der Waals surface area contributed by atoms with Crippen LogP contribution < -0.4 is 10.2 Å². The van der Waals surface area contributed by atoms with Crippen LogP contribution in [0.2, 0.25) is 5.02 Å². The summed E-state index contributed by atoms with van der Waals surface area (Å²) in [5.74, 6) is -0.107. The number of aryl methyl sites for hydroxylation is 1. The van der Waals surface area contributed by atoms with E-state index in [2.05, 4.69) is 32.8 Å². The minimum absolute atomic E-state index is 0.107. The van der Waals surface area contributed by atoms with E-state index < -0.39 is 0 Å². The second kappa shape index (κ2) is 7.74. The number of hydrogen-bond donors (Lipinski definition) is 1. The summed E-state index contributed by atoms with van der Waals surface area (Å²) >= 11 is 8.66. The Morgan fingerprint density at radius 1 is 1.17 bits per heavy atom. The van der Waals surface area contributed by atoms with Crippen LogP contribution >= 0.6 is 34.2 Å². The Balaban J connectivity index is 1.77. The molecule has 3 nitrogen and oxygen atoms in total. The molecule has 0 bridgehead atoms. The van der Waals surface area contributed by atoms with Gasteiger partial charge in [0, 0.05) is 22.3 Å². The zero-order valence-corrected chi connectivity index (χ0v) is 16.5. The fraction of sp³-hybridized carbons (Fsp3) is 0.316. The minimum Gasteiger partial charge on any atom is -0.370 e. The molecule has 1 amide bonds. The lowest BCUT2D eigenvalue weighted by molar-refractivity contribution is 0.102. The van der Waals surface area contributed by atoms with E-state index in [4.69, 9.17) is 11.6 Å². The Morgan fingerprint density at radius 3 is 2.62 bits per heavy atom. The number of halogens is 2. The number of nitrogens with one attached hydrogen (secondary N) is 1. The molecule has 126 valence electrons. The smallest absolute Gasteiger partial charge is 0.256 e. The van der Waals surface area contributed by atoms with Crippen LogP contribution in [0.25, 0.3) is 0 Å². The highest BCUT2D eigenvalue weighted by atomic mass is 127. The first-order valence-corrected chi connectivity index (χ1v) is 9.63. The molecule has 1 saturated heterocycles. The number of nitrogens with zero attached hydrogens (tertiary/aromatic N) is 1. The van der Waals surface area contributed by atoms with Crippen molar-refractivity contribution in [1.29, 1.82) is 0 Å². The third-order valence-electron chi connectivity index (χ3n) is 4.34. The lowest BCUT2D eigenvalue weighted by Gasteiger charge is -2.29. The number of rotatable bonds is 3. The summed E-state index contributed by atoms with van der Waals surface area (Å²) in [6.07, 6.45) is 3.71. The molecule has 0 saturated carbocycles. The monoisotopic (exact) mass is 454 g/mol. The van der Waals surface area contributed by atoms with Gasteiger partial charge in [0.1, 0.15) is 0 Å². The second-order valence-corrected chi connectivity index (χ2v) is 7.59. The second-order valence-electron chi connectivity index (χ2n) is 6.10. The Bertz CT molecular complexity index is 757. The van der Waals surface area contributed by atoms with Crippen molar-refractivity contribution in [3.8, 4) is 0 Å². The van der Waals surface area contributed by atoms with Gasteiger partial charge in [-0.25, -0.2) is 0 Å². The largest absolute Gasteiger partial charge is 0.370 e. The van der Waals surface area contributed by atoms with Crippen LogP contribution in [-0.2, 0) is 0 Å². The number of benzene rings is 2. The standard InChI is InChI=1S/C19H20ClIN2O/c1-13-6-5-7-15(18(13)21)19(24)22-14-8-9-17(16(20)12-14)23-10-3-2-4-11-23/h5-9,12H,2-4,10-11H2,1H3,(H,22,24). The van der Waals surface area contributed by atoms with Crippen LogP contribution in [0.4, 0.5) is 11.4 Å². The molecule has 0 unspecified atom stereocenters. The molecule has 3 rings (SSSR count). The summed E-state index contributed by atoms with van der Waals surface area (Å²) in [4.78, 5) is 14.8. The quantitative estimate of drug-likeness (QED) is 0.622. The van der Waals surface area contributed by atoms with Crippen LogP contribution in [0, 0.1) is 10.5 Å². The van der Waals surface area contributed by atoms with Crippen LogP contribution in [0.1, 0.15) is 35.2 Å². The van der Waals surface area contributed by atoms with E-state index in [-0.39, 0.29) is 5.91 Å². The number of piperidine rings is 1. The van der Waals surface area contributed by atoms with Crippen molar-refractivity contribution < 1.29 is 4.79 Å². The number of carbonyl (C=O) groups excluding carboxylic acids is 1. The lowest BCUT2D eigenvalue weighted by Crippen LogP contribution is -2.29. The first kappa shape index (κ1) is 17.5. The van der Waals surface area contributed by atoms with E-state index in [1.165, 1.54) is 19.3 Å². The summed E-state index contributed by atoms with van der Waals surface area (Å²) in [5.41, 5.74) is 3.57. The van der Waals surface area contributed by atoms with Crippen LogP contribution in [-0.4, -0.2) is 19.0 Å². The Kier molecular flexibility index (Phi) is 5.66. The van der Waals surface area contributed by atoms with Crippen LogP contribution in [0.3, 0.4) is 0 Å². The van der Waals surface area contributed by atoms with Crippen molar-refractivity contribution in [2.75, 3.05) is 23.3 Å². The molecule has 1 heterocycles. The van der Waals surface area contributed by atoms with Gasteiger partial charge < -0.3 is 10.2 Å². The third-order valence-corrected chi connectivity index (χ3v) is 6.07. The molecule has 24 heavy (non-hydrogen) atoms. The van der Waals surface area contributed by atoms with Gasteiger partial charge in [-0.2, -0.15) is 0 Å². The SMILES string of the molecule is Cc1cccc(C(=O)Nc2ccc(N3CCCCC3)c(Cl)c2)c1I. The van der Waals surface area contributed by atoms with Gasteiger partial charge in [0.2, 0.25) is 0 Å². The fourth-order valence-corrected chi connectivity index (χ4v) is 3.90. The van der Waals surface area contributed by atoms with E-state index >= 15 is 0 Å². The highest BCUT2D eigenvalue weighted by Gasteiger charge is 2.16. The van der Waals surface area contributed by atoms with Gasteiger partial charge in [-0.05, 0) is 78.6 Å². The maximum Gasteiger partial charge on any atom is 0.256 e. The van der Waals surface area contributed by atoms with E-state index in [0.717, 1.165) is 33.6 Å². The predicted octanol–water partition coefficient (Wildman–Crippen LogP) is 5.50. The number of hydrogen-bond acceptors (Lipinski definition) is 2. The van der Waals surface area contributed by atoms with E-state index in [1.54, 1.807) is 0 Å². The molecule has 0 radical (unpaired) electrons. The molecule has 2 aromatic rings. The highest BCUT2D eigenvalue weighted by molar-refractivity contribution is 14.1. The van der Waals surface area contributed by atoms with Gasteiger partial charge in [-0.15, -0.1) is 0 Å². The van der Waals surface area contributed by atoms with E-state index in [0.29, 0.717) is 10.6 Å². The van der Waals surface area contributed by atoms with E-state index in [9.17, 15) is 4.79 Å². The molecule has 1 fully saturated rings. The maximum absolute atomic E-state index is 12.5. The van der Waals surface area contributed by atoms with E-state index in [1.807, 2.05) is 43.3 Å². The van der Waals surface area contributed by atoms with Gasteiger partial charge in [0.15, 0.2) is 0 Å². The zero-order chi connectivity index (χ0) is 17.1. The van der Waals surface area contributed by atoms with Crippen LogP contribution in [0.15, 0.2) is 36.4 Å². The Morgan fingerprint density at radius 2 is 1.92 bits per heavy atom. The van der Waals surface area contributed by atoms with Gasteiger partial charge in [0.05, 0.1) is 16.3 Å².